The van der Waals surface area contributed by atoms with Crippen molar-refractivity contribution >= 4 is 27.4 Å². The van der Waals surface area contributed by atoms with Crippen molar-refractivity contribution in [2.75, 3.05) is 11.9 Å². The largest absolute Gasteiger partial charge is 0.394 e. The van der Waals surface area contributed by atoms with Crippen LogP contribution in [0.2, 0.25) is 0 Å². The topological polar surface area (TPSA) is 58.0 Å². The molecule has 2 rings (SSSR count). The van der Waals surface area contributed by atoms with E-state index in [4.69, 9.17) is 0 Å². The molecule has 0 aliphatic heterocycles. The summed E-state index contributed by atoms with van der Waals surface area (Å²) in [7, 11) is 0. The fourth-order valence-electron chi connectivity index (χ4n) is 2.37. The van der Waals surface area contributed by atoms with E-state index in [1.807, 2.05) is 6.92 Å². The molecule has 0 unspecified atom stereocenters. The number of fused-ring (bicyclic) bond motifs is 1. The second-order valence-electron chi connectivity index (χ2n) is 6.86. The van der Waals surface area contributed by atoms with Gasteiger partial charge in [0.1, 0.15) is 11.6 Å². The van der Waals surface area contributed by atoms with Gasteiger partial charge in [0, 0.05) is 4.88 Å². The molecule has 0 spiro atoms. The number of unbranched alkanes of at least 4 members (excludes halogenated alkanes) is 1. The minimum atomic E-state index is 0.0534. The van der Waals surface area contributed by atoms with Gasteiger partial charge in [-0.25, -0.2) is 9.97 Å². The molecule has 1 atom stereocenters. The number of thiophene rings is 1. The van der Waals surface area contributed by atoms with Gasteiger partial charge in [0.15, 0.2) is 0 Å². The first kappa shape index (κ1) is 17.2. The number of hydrogen-bond donors (Lipinski definition) is 2. The number of aliphatic hydroxyl groups excluding tert-OH is 1. The number of nitrogens with one attached hydrogen (secondary N) is 1. The quantitative estimate of drug-likeness (QED) is 0.834. The minimum absolute atomic E-state index is 0.0534. The van der Waals surface area contributed by atoms with Crippen molar-refractivity contribution in [1.29, 1.82) is 0 Å². The minimum Gasteiger partial charge on any atom is -0.394 e. The summed E-state index contributed by atoms with van der Waals surface area (Å²) in [6, 6.07) is 2.22. The van der Waals surface area contributed by atoms with Crippen molar-refractivity contribution in [3.63, 3.8) is 0 Å². The molecule has 0 amide bonds. The van der Waals surface area contributed by atoms with E-state index in [-0.39, 0.29) is 18.1 Å². The molecular formula is C17H27N3OS. The van der Waals surface area contributed by atoms with E-state index in [1.54, 1.807) is 11.3 Å². The van der Waals surface area contributed by atoms with Crippen molar-refractivity contribution in [2.45, 2.75) is 65.3 Å². The van der Waals surface area contributed by atoms with Crippen LogP contribution in [-0.2, 0) is 5.41 Å². The molecule has 0 aromatic carbocycles. The molecule has 2 aromatic heterocycles. The van der Waals surface area contributed by atoms with E-state index in [0.717, 1.165) is 41.1 Å². The Labute approximate surface area is 137 Å². The van der Waals surface area contributed by atoms with Gasteiger partial charge in [0.05, 0.1) is 22.9 Å². The van der Waals surface area contributed by atoms with E-state index in [9.17, 15) is 5.11 Å². The first-order valence-electron chi connectivity index (χ1n) is 8.01. The van der Waals surface area contributed by atoms with Gasteiger partial charge in [-0.15, -0.1) is 11.3 Å². The van der Waals surface area contributed by atoms with Crippen LogP contribution in [-0.4, -0.2) is 27.7 Å². The fourth-order valence-corrected chi connectivity index (χ4v) is 3.47. The molecule has 22 heavy (non-hydrogen) atoms. The smallest absolute Gasteiger partial charge is 0.148 e. The Balaban J connectivity index is 2.37. The van der Waals surface area contributed by atoms with E-state index in [2.05, 4.69) is 49.0 Å². The maximum absolute atomic E-state index is 9.59. The lowest BCUT2D eigenvalue weighted by Gasteiger charge is -2.17. The number of aliphatic hydroxyl groups is 1. The third kappa shape index (κ3) is 3.96. The maximum atomic E-state index is 9.59. The second kappa shape index (κ2) is 6.92. The molecule has 0 bridgehead atoms. The van der Waals surface area contributed by atoms with Crippen LogP contribution in [0.1, 0.15) is 57.7 Å². The SMILES string of the molecule is CCCC[C@@H](CO)Nc1nc(C)nc2cc(C(C)(C)C)sc12. The first-order valence-corrected chi connectivity index (χ1v) is 8.83. The summed E-state index contributed by atoms with van der Waals surface area (Å²) >= 11 is 1.75. The van der Waals surface area contributed by atoms with Gasteiger partial charge < -0.3 is 10.4 Å². The molecule has 0 saturated heterocycles. The first-order chi connectivity index (χ1) is 10.3. The zero-order valence-corrected chi connectivity index (χ0v) is 15.0. The maximum Gasteiger partial charge on any atom is 0.148 e. The van der Waals surface area contributed by atoms with Gasteiger partial charge in [-0.2, -0.15) is 0 Å². The molecule has 122 valence electrons. The predicted molar refractivity (Wildman–Crippen MR) is 94.9 cm³/mol. The summed E-state index contributed by atoms with van der Waals surface area (Å²) < 4.78 is 1.09. The Kier molecular flexibility index (Phi) is 5.40. The molecular weight excluding hydrogens is 294 g/mol. The molecule has 0 aliphatic carbocycles. The van der Waals surface area contributed by atoms with Crippen molar-refractivity contribution in [3.05, 3.63) is 16.8 Å². The van der Waals surface area contributed by atoms with Crippen LogP contribution in [0.3, 0.4) is 0 Å². The number of hydrogen-bond acceptors (Lipinski definition) is 5. The monoisotopic (exact) mass is 321 g/mol. The Morgan fingerprint density at radius 2 is 2.05 bits per heavy atom. The van der Waals surface area contributed by atoms with Gasteiger partial charge in [-0.1, -0.05) is 40.5 Å². The van der Waals surface area contributed by atoms with Crippen LogP contribution in [0.5, 0.6) is 0 Å². The standard InChI is InChI=1S/C17H27N3OS/c1-6-7-8-12(10-21)20-16-15-13(18-11(2)19-16)9-14(22-15)17(3,4)5/h9,12,21H,6-8,10H2,1-5H3,(H,18,19,20)/t12-/m0/s1. The molecule has 4 nitrogen and oxygen atoms in total. The highest BCUT2D eigenvalue weighted by Crippen LogP contribution is 2.36. The van der Waals surface area contributed by atoms with Crippen molar-refractivity contribution in [3.8, 4) is 0 Å². The Morgan fingerprint density at radius 3 is 2.64 bits per heavy atom. The Bertz CT molecular complexity index is 631. The van der Waals surface area contributed by atoms with Gasteiger partial charge in [-0.3, -0.25) is 0 Å². The number of aromatic nitrogens is 2. The molecule has 2 heterocycles. The van der Waals surface area contributed by atoms with E-state index < -0.39 is 0 Å². The zero-order chi connectivity index (χ0) is 16.3. The fraction of sp³-hybridized carbons (Fsp3) is 0.647. The van der Waals surface area contributed by atoms with Crippen LogP contribution in [0.25, 0.3) is 10.2 Å². The number of aryl methyl sites for hydroxylation is 1. The molecule has 5 heteroatoms. The molecule has 0 saturated carbocycles. The normalized spacial score (nSPS) is 13.5. The average molecular weight is 321 g/mol. The van der Waals surface area contributed by atoms with Crippen LogP contribution in [0, 0.1) is 6.92 Å². The average Bonchev–Trinajstić information content (AvgIpc) is 2.87. The Morgan fingerprint density at radius 1 is 1.32 bits per heavy atom. The summed E-state index contributed by atoms with van der Waals surface area (Å²) in [6.45, 7) is 10.8. The van der Waals surface area contributed by atoms with Crippen molar-refractivity contribution < 1.29 is 5.11 Å². The third-order valence-electron chi connectivity index (χ3n) is 3.69. The molecule has 2 aromatic rings. The van der Waals surface area contributed by atoms with Gasteiger partial charge >= 0.3 is 0 Å². The summed E-state index contributed by atoms with van der Waals surface area (Å²) in [5.74, 6) is 1.62. The van der Waals surface area contributed by atoms with Crippen LogP contribution >= 0.6 is 11.3 Å². The molecule has 0 aliphatic rings. The number of anilines is 1. The van der Waals surface area contributed by atoms with Crippen LogP contribution in [0.15, 0.2) is 6.07 Å². The molecule has 0 fully saturated rings. The number of rotatable bonds is 6. The van der Waals surface area contributed by atoms with Gasteiger partial charge in [0.2, 0.25) is 0 Å². The lowest BCUT2D eigenvalue weighted by atomic mass is 9.95. The number of nitrogens with zero attached hydrogens (tertiary/aromatic N) is 2. The van der Waals surface area contributed by atoms with Crippen molar-refractivity contribution in [1.82, 2.24) is 9.97 Å². The highest BCUT2D eigenvalue weighted by atomic mass is 32.1. The summed E-state index contributed by atoms with van der Waals surface area (Å²) in [6.07, 6.45) is 3.18. The molecule has 0 radical (unpaired) electrons. The van der Waals surface area contributed by atoms with Crippen molar-refractivity contribution in [2.24, 2.45) is 0 Å². The lowest BCUT2D eigenvalue weighted by Crippen LogP contribution is -2.24. The zero-order valence-electron chi connectivity index (χ0n) is 14.2. The highest BCUT2D eigenvalue weighted by molar-refractivity contribution is 7.19. The van der Waals surface area contributed by atoms with E-state index >= 15 is 0 Å². The highest BCUT2D eigenvalue weighted by Gasteiger charge is 2.20. The lowest BCUT2D eigenvalue weighted by molar-refractivity contribution is 0.267. The van der Waals surface area contributed by atoms with Gasteiger partial charge in [-0.05, 0) is 24.8 Å². The summed E-state index contributed by atoms with van der Waals surface area (Å²) in [4.78, 5) is 10.4. The second-order valence-corrected chi connectivity index (χ2v) is 7.91. The van der Waals surface area contributed by atoms with E-state index in [0.29, 0.717) is 0 Å². The summed E-state index contributed by atoms with van der Waals surface area (Å²) in [5, 5.41) is 13.0. The molecule has 2 N–H and O–H groups in total. The third-order valence-corrected chi connectivity index (χ3v) is 5.25. The van der Waals surface area contributed by atoms with Crippen LogP contribution < -0.4 is 5.32 Å². The van der Waals surface area contributed by atoms with Crippen LogP contribution in [0.4, 0.5) is 5.82 Å². The summed E-state index contributed by atoms with van der Waals surface area (Å²) in [5.41, 5.74) is 1.10. The Hall–Kier alpha value is -1.20. The van der Waals surface area contributed by atoms with Gasteiger partial charge in [0.25, 0.3) is 0 Å². The van der Waals surface area contributed by atoms with E-state index in [1.165, 1.54) is 4.88 Å². The predicted octanol–water partition coefficient (Wildman–Crippen LogP) is 4.26.